The van der Waals surface area contributed by atoms with Crippen LogP contribution >= 0.6 is 33.0 Å². The normalized spacial score (nSPS) is 3.92. The molecule has 8 N–H and O–H groups in total. The predicted molar refractivity (Wildman–Crippen MR) is 239 cm³/mol. The van der Waals surface area contributed by atoms with Gasteiger partial charge in [0.2, 0.25) is 9.23 Å². The first-order chi connectivity index (χ1) is 20.8. The van der Waals surface area contributed by atoms with Crippen molar-refractivity contribution in [1.82, 2.24) is 0 Å². The SMILES string of the molecule is C.C.C.C.C.C.CC.CC.CC.CC.CC.CC=O.CCC#N.CCCN.CCCl.CCO.CO.CO.CO.CO.CO.O=S(Cl)Cl.[C-]#N.[K+]. The smallest absolute Gasteiger partial charge is 0.512 e. The van der Waals surface area contributed by atoms with Crippen molar-refractivity contribution >= 4 is 48.5 Å². The number of hydrogen-bond donors (Lipinski definition) is 7. The van der Waals surface area contributed by atoms with Crippen LogP contribution in [0.1, 0.15) is 161 Å². The number of aldehydes is 1. The zero-order chi connectivity index (χ0) is 40.5. The number of aliphatic hydroxyl groups excluding tert-OH is 6. The average Bonchev–Trinajstić information content (AvgIpc) is 3.12. The quantitative estimate of drug-likeness (QED) is 0.0441. The van der Waals surface area contributed by atoms with E-state index in [1.807, 2.05) is 89.2 Å². The molecule has 0 atom stereocenters. The van der Waals surface area contributed by atoms with E-state index < -0.39 is 9.23 Å². The van der Waals surface area contributed by atoms with Crippen molar-refractivity contribution in [3.63, 3.8) is 0 Å². The molecule has 0 aliphatic rings. The number of rotatable bonds is 1. The summed E-state index contributed by atoms with van der Waals surface area (Å²) in [5.41, 5.74) is 5.03. The van der Waals surface area contributed by atoms with Gasteiger partial charge in [0.15, 0.2) is 0 Å². The minimum Gasteiger partial charge on any atom is -0.512 e. The van der Waals surface area contributed by atoms with E-state index in [2.05, 4.69) is 28.3 Å². The first-order valence-corrected chi connectivity index (χ1v) is 17.0. The maximum absolute atomic E-state index is 9.09. The first kappa shape index (κ1) is 175. The van der Waals surface area contributed by atoms with Crippen LogP contribution in [0.5, 0.6) is 0 Å². The van der Waals surface area contributed by atoms with Gasteiger partial charge in [-0.1, -0.05) is 135 Å². The number of hydrogen-bond acceptors (Lipinski definition) is 11. The molecular weight excluding hydrogens is 756 g/mol. The van der Waals surface area contributed by atoms with Crippen LogP contribution < -0.4 is 57.1 Å². The third-order valence-corrected chi connectivity index (χ3v) is 0.447. The van der Waals surface area contributed by atoms with Gasteiger partial charge >= 0.3 is 51.4 Å². The Bertz CT molecular complexity index is 256. The molecule has 0 fully saturated rings. The van der Waals surface area contributed by atoms with Crippen molar-refractivity contribution in [1.29, 1.82) is 10.5 Å². The molecule has 0 saturated heterocycles. The van der Waals surface area contributed by atoms with Crippen molar-refractivity contribution in [2.24, 2.45) is 5.73 Å². The maximum atomic E-state index is 9.09. The number of nitriles is 1. The largest absolute Gasteiger partial charge is 1.00 e. The molecule has 16 heteroatoms. The van der Waals surface area contributed by atoms with E-state index in [9.17, 15) is 0 Å². The van der Waals surface area contributed by atoms with Gasteiger partial charge < -0.3 is 53.0 Å². The number of carbonyl (C=O) groups excluding carboxylic acids is 1. The van der Waals surface area contributed by atoms with E-state index in [1.54, 1.807) is 6.92 Å². The fraction of sp³-hybridized carbons (Fsp3) is 0.912. The van der Waals surface area contributed by atoms with Crippen molar-refractivity contribution in [3.8, 4) is 6.07 Å². The van der Waals surface area contributed by atoms with Gasteiger partial charge in [-0.25, -0.2) is 4.21 Å². The molecule has 0 saturated carbocycles. The molecule has 0 aromatic rings. The Labute approximate surface area is 380 Å². The molecule has 50 heavy (non-hydrogen) atoms. The van der Waals surface area contributed by atoms with Gasteiger partial charge in [0.1, 0.15) is 6.29 Å². The Morgan fingerprint density at radius 3 is 0.700 bits per heavy atom. The second-order valence-corrected chi connectivity index (χ2v) is 5.36. The molecule has 0 spiro atoms. The van der Waals surface area contributed by atoms with Crippen LogP contribution in [0.15, 0.2) is 0 Å². The molecule has 0 aliphatic carbocycles. The summed E-state index contributed by atoms with van der Waals surface area (Å²) < 4.78 is 9.09. The zero-order valence-corrected chi connectivity index (χ0v) is 38.8. The third kappa shape index (κ3) is 12300. The molecule has 0 amide bonds. The summed E-state index contributed by atoms with van der Waals surface area (Å²) in [5, 5.41) is 56.4. The number of carbonyl (C=O) groups is 1. The molecule has 0 heterocycles. The van der Waals surface area contributed by atoms with Gasteiger partial charge in [-0.2, -0.15) is 5.26 Å². The molecule has 11 nitrogen and oxygen atoms in total. The Kier molecular flexibility index (Phi) is 3460. The van der Waals surface area contributed by atoms with Crippen molar-refractivity contribution in [2.75, 3.05) is 54.6 Å². The molecule has 330 valence electrons. The van der Waals surface area contributed by atoms with Crippen LogP contribution in [0.2, 0.25) is 0 Å². The molecule has 0 radical (unpaired) electrons. The van der Waals surface area contributed by atoms with Crippen LogP contribution in [0.25, 0.3) is 0 Å². The van der Waals surface area contributed by atoms with E-state index in [4.69, 9.17) is 74.1 Å². The minimum atomic E-state index is -1.67. The van der Waals surface area contributed by atoms with Gasteiger partial charge in [0.25, 0.3) is 0 Å². The van der Waals surface area contributed by atoms with Gasteiger partial charge in [-0.05, 0) is 26.8 Å². The monoisotopic (exact) mass is 858 g/mol. The van der Waals surface area contributed by atoms with E-state index in [1.165, 1.54) is 6.92 Å². The molecule has 0 rings (SSSR count). The van der Waals surface area contributed by atoms with Crippen molar-refractivity contribution in [3.05, 3.63) is 6.57 Å². The number of halogens is 3. The van der Waals surface area contributed by atoms with Crippen LogP contribution in [0.3, 0.4) is 0 Å². The van der Waals surface area contributed by atoms with Crippen molar-refractivity contribution < 1.29 is 91.0 Å². The standard InChI is InChI=1S/C3H9N.C3H5N.C2H5Cl.C2H6O.C2H4O.5C2H6.CN.5CH4O.6CH4.Cl2OS.K/c2*1-2-3-4;3*1-2-3;11*1-2;;;;;;;1-4(2)3;/h2-4H2,1H3;2H2,1H3;2H2,1H3;3H,2H2,1H3;2H,1H3;5*1-2H3;;5*2H,1H3;6*1H4;;/q;;;;;;;;;;-1;;;;;;;;;;;;;+1. The summed E-state index contributed by atoms with van der Waals surface area (Å²) in [5.74, 6) is 0.722. The molecule has 0 bridgehead atoms. The third-order valence-electron chi connectivity index (χ3n) is 0.447. The molecule has 0 aromatic heterocycles. The second kappa shape index (κ2) is 989. The Hall–Kier alpha value is 1.03. The minimum absolute atomic E-state index is 0. The van der Waals surface area contributed by atoms with Crippen LogP contribution in [0, 0.1) is 23.2 Å². The molecular formula is C34H103Cl3KN3O8S. The van der Waals surface area contributed by atoms with Gasteiger partial charge in [-0.15, -0.1) is 11.6 Å². The van der Waals surface area contributed by atoms with Gasteiger partial charge in [0, 0.05) is 75.8 Å². The fourth-order valence-corrected chi connectivity index (χ4v) is 0. The average molecular weight is 860 g/mol. The number of nitrogens with two attached hydrogens (primary N) is 1. The van der Waals surface area contributed by atoms with Gasteiger partial charge in [-0.3, -0.25) is 0 Å². The summed E-state index contributed by atoms with van der Waals surface area (Å²) in [7, 11) is 12.4. The van der Waals surface area contributed by atoms with Gasteiger partial charge in [0.05, 0.1) is 6.07 Å². The maximum Gasteiger partial charge on any atom is 1.00 e. The number of aliphatic hydroxyl groups is 6. The second-order valence-electron chi connectivity index (χ2n) is 2.30. The Morgan fingerprint density at radius 2 is 0.700 bits per heavy atom. The topological polar surface area (TPSA) is 229 Å². The summed E-state index contributed by atoms with van der Waals surface area (Å²) >= 11 is 5.00. The van der Waals surface area contributed by atoms with Crippen LogP contribution in [-0.2, 0) is 14.0 Å². The summed E-state index contributed by atoms with van der Waals surface area (Å²) in [6, 6.07) is 1.93. The number of nitrogens with zero attached hydrogens (tertiary/aromatic N) is 2. The fourth-order valence-electron chi connectivity index (χ4n) is 0. The van der Waals surface area contributed by atoms with Crippen molar-refractivity contribution in [2.45, 2.75) is 161 Å². The summed E-state index contributed by atoms with van der Waals surface area (Å²) in [4.78, 5) is 8.81. The molecule has 0 unspecified atom stereocenters. The van der Waals surface area contributed by atoms with E-state index in [0.29, 0.717) is 6.42 Å². The zero-order valence-electron chi connectivity index (χ0n) is 32.6. The number of alkyl halides is 1. The first-order valence-electron chi connectivity index (χ1n) is 13.6. The van der Waals surface area contributed by atoms with Crippen LogP contribution in [-0.4, -0.2) is 95.7 Å². The Balaban J connectivity index is -0.00000000653. The van der Waals surface area contributed by atoms with E-state index in [0.717, 1.165) is 60.7 Å². The van der Waals surface area contributed by atoms with E-state index in [-0.39, 0.29) is 103 Å². The summed E-state index contributed by atoms with van der Waals surface area (Å²) in [6.45, 7) is 34.7. The van der Waals surface area contributed by atoms with Crippen LogP contribution in [0.4, 0.5) is 0 Å². The Morgan fingerprint density at radius 1 is 0.660 bits per heavy atom. The molecule has 0 aromatic carbocycles. The van der Waals surface area contributed by atoms with E-state index >= 15 is 0 Å². The predicted octanol–water partition coefficient (Wildman–Crippen LogP) is 7.86. The summed E-state index contributed by atoms with van der Waals surface area (Å²) in [6.07, 6.45) is 2.47. The molecule has 0 aliphatic heterocycles.